The number of piperidine rings is 1. The monoisotopic (exact) mass is 461 g/mol. The Balaban J connectivity index is 1.33. The van der Waals surface area contributed by atoms with Gasteiger partial charge in [0, 0.05) is 43.0 Å². The first-order valence-electron chi connectivity index (χ1n) is 11.2. The molecule has 1 atom stereocenters. The second-order valence-corrected chi connectivity index (χ2v) is 9.71. The maximum atomic E-state index is 12.7. The van der Waals surface area contributed by atoms with Crippen LogP contribution >= 0.6 is 11.3 Å². The molecule has 2 aromatic heterocycles. The fourth-order valence-electron chi connectivity index (χ4n) is 4.50. The molecular weight excluding hydrogens is 434 g/mol. The molecule has 7 nitrogen and oxygen atoms in total. The zero-order chi connectivity index (χ0) is 22.9. The summed E-state index contributed by atoms with van der Waals surface area (Å²) in [5.74, 6) is 0.391. The summed E-state index contributed by atoms with van der Waals surface area (Å²) in [6.45, 7) is 2.90. The van der Waals surface area contributed by atoms with Crippen molar-refractivity contribution in [3.05, 3.63) is 59.8 Å². The number of fused-ring (bicyclic) bond motifs is 3. The average molecular weight is 462 g/mol. The largest absolute Gasteiger partial charge is 0.355 e. The van der Waals surface area contributed by atoms with E-state index < -0.39 is 0 Å². The van der Waals surface area contributed by atoms with Gasteiger partial charge in [-0.25, -0.2) is 4.98 Å². The lowest BCUT2D eigenvalue weighted by molar-refractivity contribution is 0.0934. The van der Waals surface area contributed by atoms with E-state index in [1.54, 1.807) is 30.5 Å². The SMILES string of the molecule is CNC(=O)c1ccc(-c2cn3c(n2)sc2cc(C(=O)NCC4CCCN(C)C4)ccc23)cc1. The van der Waals surface area contributed by atoms with E-state index in [0.29, 0.717) is 17.0 Å². The van der Waals surface area contributed by atoms with Gasteiger partial charge >= 0.3 is 0 Å². The highest BCUT2D eigenvalue weighted by Gasteiger charge is 2.19. The molecule has 1 fully saturated rings. The number of carbonyl (C=O) groups excluding carboxylic acids is 2. The van der Waals surface area contributed by atoms with Crippen LogP contribution in [0, 0.1) is 5.92 Å². The molecule has 2 amide bonds. The van der Waals surface area contributed by atoms with Crippen LogP contribution in [0.1, 0.15) is 33.6 Å². The summed E-state index contributed by atoms with van der Waals surface area (Å²) in [4.78, 5) is 32.5. The van der Waals surface area contributed by atoms with Crippen molar-refractivity contribution >= 4 is 38.3 Å². The van der Waals surface area contributed by atoms with E-state index in [0.717, 1.165) is 46.1 Å². The number of nitrogens with zero attached hydrogens (tertiary/aromatic N) is 3. The van der Waals surface area contributed by atoms with E-state index in [4.69, 9.17) is 4.98 Å². The lowest BCUT2D eigenvalue weighted by Gasteiger charge is -2.29. The molecule has 1 aliphatic heterocycles. The van der Waals surface area contributed by atoms with Crippen LogP contribution < -0.4 is 10.6 Å². The average Bonchev–Trinajstić information content (AvgIpc) is 3.40. The number of benzene rings is 2. The Morgan fingerprint density at radius 3 is 2.67 bits per heavy atom. The van der Waals surface area contributed by atoms with Crippen molar-refractivity contribution in [2.45, 2.75) is 12.8 Å². The van der Waals surface area contributed by atoms with Crippen LogP contribution in [0.2, 0.25) is 0 Å². The standard InChI is InChI=1S/C25H27N5O2S/c1-26-23(31)18-7-5-17(6-8-18)20-15-30-21-10-9-19(12-22(21)33-25(30)28-20)24(32)27-13-16-4-3-11-29(2)14-16/h5-10,12,15-16H,3-4,11,13-14H2,1-2H3,(H,26,31)(H,27,32). The Morgan fingerprint density at radius 2 is 1.91 bits per heavy atom. The van der Waals surface area contributed by atoms with Crippen molar-refractivity contribution in [3.8, 4) is 11.3 Å². The summed E-state index contributed by atoms with van der Waals surface area (Å²) < 4.78 is 3.09. The van der Waals surface area contributed by atoms with Gasteiger partial charge in [-0.3, -0.25) is 14.0 Å². The zero-order valence-electron chi connectivity index (χ0n) is 18.8. The second kappa shape index (κ2) is 8.96. The molecule has 0 radical (unpaired) electrons. The van der Waals surface area contributed by atoms with Gasteiger partial charge in [0.15, 0.2) is 4.96 Å². The van der Waals surface area contributed by atoms with Crippen LogP contribution in [0.25, 0.3) is 26.4 Å². The van der Waals surface area contributed by atoms with Crippen LogP contribution in [0.5, 0.6) is 0 Å². The Hall–Kier alpha value is -3.23. The van der Waals surface area contributed by atoms with Crippen LogP contribution in [-0.2, 0) is 0 Å². The Kier molecular flexibility index (Phi) is 5.86. The number of imidazole rings is 1. The highest BCUT2D eigenvalue weighted by atomic mass is 32.1. The first-order valence-corrected chi connectivity index (χ1v) is 12.0. The minimum absolute atomic E-state index is 0.0203. The predicted molar refractivity (Wildman–Crippen MR) is 132 cm³/mol. The fourth-order valence-corrected chi connectivity index (χ4v) is 5.54. The zero-order valence-corrected chi connectivity index (χ0v) is 19.6. The molecule has 2 aromatic carbocycles. The number of rotatable bonds is 5. The van der Waals surface area contributed by atoms with Crippen molar-refractivity contribution in [1.29, 1.82) is 0 Å². The van der Waals surface area contributed by atoms with E-state index in [1.807, 2.05) is 36.5 Å². The normalized spacial score (nSPS) is 16.8. The molecule has 0 saturated carbocycles. The van der Waals surface area contributed by atoms with Gasteiger partial charge < -0.3 is 15.5 Å². The molecule has 33 heavy (non-hydrogen) atoms. The summed E-state index contributed by atoms with van der Waals surface area (Å²) in [6.07, 6.45) is 4.36. The quantitative estimate of drug-likeness (QED) is 0.476. The molecule has 1 aliphatic rings. The number of hydrogen-bond donors (Lipinski definition) is 2. The van der Waals surface area contributed by atoms with Crippen LogP contribution in [0.3, 0.4) is 0 Å². The molecule has 1 saturated heterocycles. The molecular formula is C25H27N5O2S. The minimum atomic E-state index is -0.107. The van der Waals surface area contributed by atoms with Crippen molar-refractivity contribution in [1.82, 2.24) is 24.9 Å². The lowest BCUT2D eigenvalue weighted by atomic mass is 9.98. The van der Waals surface area contributed by atoms with Gasteiger partial charge in [0.1, 0.15) is 0 Å². The van der Waals surface area contributed by atoms with Gasteiger partial charge in [0.25, 0.3) is 11.8 Å². The van der Waals surface area contributed by atoms with Crippen molar-refractivity contribution in [2.75, 3.05) is 33.7 Å². The van der Waals surface area contributed by atoms with E-state index in [2.05, 4.69) is 27.0 Å². The molecule has 170 valence electrons. The van der Waals surface area contributed by atoms with E-state index in [-0.39, 0.29) is 11.8 Å². The molecule has 1 unspecified atom stereocenters. The topological polar surface area (TPSA) is 78.7 Å². The summed E-state index contributed by atoms with van der Waals surface area (Å²) in [5, 5.41) is 5.75. The summed E-state index contributed by atoms with van der Waals surface area (Å²) in [5.41, 5.74) is 4.14. The number of nitrogens with one attached hydrogen (secondary N) is 2. The van der Waals surface area contributed by atoms with E-state index >= 15 is 0 Å². The number of likely N-dealkylation sites (tertiary alicyclic amines) is 1. The Bertz CT molecular complexity index is 1320. The van der Waals surface area contributed by atoms with Gasteiger partial charge in [-0.1, -0.05) is 23.5 Å². The number of aromatic nitrogens is 2. The maximum absolute atomic E-state index is 12.7. The minimum Gasteiger partial charge on any atom is -0.355 e. The van der Waals surface area contributed by atoms with Crippen molar-refractivity contribution in [3.63, 3.8) is 0 Å². The fraction of sp³-hybridized carbons (Fsp3) is 0.320. The summed E-state index contributed by atoms with van der Waals surface area (Å²) >= 11 is 1.57. The van der Waals surface area contributed by atoms with Crippen LogP contribution in [0.15, 0.2) is 48.7 Å². The summed E-state index contributed by atoms with van der Waals surface area (Å²) in [7, 11) is 3.76. The van der Waals surface area contributed by atoms with Gasteiger partial charge in [-0.15, -0.1) is 0 Å². The third-order valence-electron chi connectivity index (χ3n) is 6.30. The first-order chi connectivity index (χ1) is 16.0. The van der Waals surface area contributed by atoms with E-state index in [1.165, 1.54) is 12.8 Å². The lowest BCUT2D eigenvalue weighted by Crippen LogP contribution is -2.39. The highest BCUT2D eigenvalue weighted by Crippen LogP contribution is 2.30. The van der Waals surface area contributed by atoms with Gasteiger partial charge in [-0.2, -0.15) is 0 Å². The van der Waals surface area contributed by atoms with Gasteiger partial charge in [-0.05, 0) is 62.7 Å². The maximum Gasteiger partial charge on any atom is 0.251 e. The van der Waals surface area contributed by atoms with Gasteiger partial charge in [0.2, 0.25) is 0 Å². The smallest absolute Gasteiger partial charge is 0.251 e. The third kappa shape index (κ3) is 4.36. The Labute approximate surface area is 196 Å². The Morgan fingerprint density at radius 1 is 1.12 bits per heavy atom. The molecule has 0 spiro atoms. The number of thiazole rings is 1. The molecule has 0 aliphatic carbocycles. The summed E-state index contributed by atoms with van der Waals surface area (Å²) in [6, 6.07) is 13.2. The number of amides is 2. The van der Waals surface area contributed by atoms with Crippen molar-refractivity contribution < 1.29 is 9.59 Å². The third-order valence-corrected chi connectivity index (χ3v) is 7.32. The number of hydrogen-bond acceptors (Lipinski definition) is 5. The second-order valence-electron chi connectivity index (χ2n) is 8.70. The molecule has 4 aromatic rings. The van der Waals surface area contributed by atoms with Gasteiger partial charge in [0.05, 0.1) is 15.9 Å². The van der Waals surface area contributed by atoms with Crippen molar-refractivity contribution in [2.24, 2.45) is 5.92 Å². The van der Waals surface area contributed by atoms with Crippen LogP contribution in [-0.4, -0.2) is 59.8 Å². The molecule has 0 bridgehead atoms. The molecule has 5 rings (SSSR count). The highest BCUT2D eigenvalue weighted by molar-refractivity contribution is 7.23. The van der Waals surface area contributed by atoms with E-state index in [9.17, 15) is 9.59 Å². The number of carbonyl (C=O) groups is 2. The predicted octanol–water partition coefficient (Wildman–Crippen LogP) is 3.65. The first kappa shape index (κ1) is 21.6. The molecule has 2 N–H and O–H groups in total. The molecule has 8 heteroatoms. The molecule has 3 heterocycles. The van der Waals surface area contributed by atoms with Crippen LogP contribution in [0.4, 0.5) is 0 Å².